The third kappa shape index (κ3) is 4.49. The van der Waals surface area contributed by atoms with Crippen LogP contribution in [0.5, 0.6) is 5.88 Å². The molecule has 1 N–H and O–H groups in total. The van der Waals surface area contributed by atoms with Crippen molar-refractivity contribution in [3.63, 3.8) is 0 Å². The van der Waals surface area contributed by atoms with Gasteiger partial charge in [-0.1, -0.05) is 0 Å². The lowest BCUT2D eigenvalue weighted by Crippen LogP contribution is -2.36. The molecule has 0 radical (unpaired) electrons. The number of aromatic nitrogens is 2. The number of carbonyl (C=O) groups excluding carboxylic acids is 1. The van der Waals surface area contributed by atoms with E-state index < -0.39 is 0 Å². The van der Waals surface area contributed by atoms with E-state index in [9.17, 15) is 4.79 Å². The molecule has 2 aromatic heterocycles. The maximum absolute atomic E-state index is 12.7. The summed E-state index contributed by atoms with van der Waals surface area (Å²) in [5.74, 6) is 0.115. The van der Waals surface area contributed by atoms with Gasteiger partial charge in [-0.3, -0.25) is 9.78 Å². The van der Waals surface area contributed by atoms with E-state index in [0.29, 0.717) is 30.5 Å². The zero-order valence-electron chi connectivity index (χ0n) is 15.4. The van der Waals surface area contributed by atoms with Gasteiger partial charge in [-0.2, -0.15) is 0 Å². The fourth-order valence-electron chi connectivity index (χ4n) is 2.71. The van der Waals surface area contributed by atoms with Gasteiger partial charge in [-0.25, -0.2) is 4.98 Å². The van der Waals surface area contributed by atoms with E-state index in [0.717, 1.165) is 24.3 Å². The van der Waals surface area contributed by atoms with Crippen LogP contribution in [-0.2, 0) is 4.74 Å². The average Bonchev–Trinajstić information content (AvgIpc) is 2.64. The Labute approximate surface area is 153 Å². The first kappa shape index (κ1) is 18.1. The minimum absolute atomic E-state index is 0.0383. The van der Waals surface area contributed by atoms with Gasteiger partial charge in [0.15, 0.2) is 0 Å². The molecule has 1 fully saturated rings. The van der Waals surface area contributed by atoms with Crippen molar-refractivity contribution in [1.29, 1.82) is 0 Å². The highest BCUT2D eigenvalue weighted by atomic mass is 16.5. The first-order chi connectivity index (χ1) is 12.5. The van der Waals surface area contributed by atoms with Crippen molar-refractivity contribution in [2.45, 2.75) is 26.9 Å². The van der Waals surface area contributed by atoms with E-state index in [1.54, 1.807) is 18.5 Å². The summed E-state index contributed by atoms with van der Waals surface area (Å²) in [5.41, 5.74) is 2.80. The Balaban J connectivity index is 1.79. The van der Waals surface area contributed by atoms with Crippen LogP contribution in [0.1, 0.15) is 29.9 Å². The molecule has 2 aromatic rings. The lowest BCUT2D eigenvalue weighted by molar-refractivity contribution is 0.102. The number of rotatable bonds is 5. The summed E-state index contributed by atoms with van der Waals surface area (Å²) in [7, 11) is 0. The van der Waals surface area contributed by atoms with Gasteiger partial charge in [0.1, 0.15) is 11.4 Å². The quantitative estimate of drug-likeness (QED) is 0.888. The summed E-state index contributed by atoms with van der Waals surface area (Å²) in [5, 5.41) is 2.87. The lowest BCUT2D eigenvalue weighted by Gasteiger charge is -2.28. The molecule has 1 aliphatic heterocycles. The van der Waals surface area contributed by atoms with Crippen LogP contribution in [0.15, 0.2) is 30.6 Å². The summed E-state index contributed by atoms with van der Waals surface area (Å²) in [6.45, 7) is 8.74. The molecular formula is C19H24N4O3. The molecule has 3 rings (SSSR count). The van der Waals surface area contributed by atoms with Gasteiger partial charge in [0.25, 0.3) is 5.91 Å². The Morgan fingerprint density at radius 3 is 2.77 bits per heavy atom. The second kappa shape index (κ2) is 8.14. The minimum atomic E-state index is -0.291. The van der Waals surface area contributed by atoms with Crippen molar-refractivity contribution in [3.05, 3.63) is 41.9 Å². The monoisotopic (exact) mass is 356 g/mol. The van der Waals surface area contributed by atoms with E-state index in [2.05, 4.69) is 20.2 Å². The van der Waals surface area contributed by atoms with Crippen LogP contribution in [0.2, 0.25) is 0 Å². The second-order valence-corrected chi connectivity index (χ2v) is 6.48. The molecular weight excluding hydrogens is 332 g/mol. The normalized spacial score (nSPS) is 14.4. The van der Waals surface area contributed by atoms with E-state index in [1.807, 2.05) is 32.9 Å². The van der Waals surface area contributed by atoms with Crippen LogP contribution < -0.4 is 15.0 Å². The molecule has 1 saturated heterocycles. The van der Waals surface area contributed by atoms with E-state index in [4.69, 9.17) is 9.47 Å². The third-order valence-corrected chi connectivity index (χ3v) is 3.94. The summed E-state index contributed by atoms with van der Waals surface area (Å²) in [4.78, 5) is 23.4. The van der Waals surface area contributed by atoms with Crippen molar-refractivity contribution in [2.75, 3.05) is 36.5 Å². The maximum atomic E-state index is 12.7. The number of hydrogen-bond acceptors (Lipinski definition) is 6. The Kier molecular flexibility index (Phi) is 5.68. The summed E-state index contributed by atoms with van der Waals surface area (Å²) < 4.78 is 11.1. The van der Waals surface area contributed by atoms with Crippen LogP contribution in [0, 0.1) is 6.92 Å². The molecule has 7 nitrogen and oxygen atoms in total. The fourth-order valence-corrected chi connectivity index (χ4v) is 2.71. The van der Waals surface area contributed by atoms with Crippen LogP contribution in [0.4, 0.5) is 11.4 Å². The first-order valence-electron chi connectivity index (χ1n) is 8.76. The van der Waals surface area contributed by atoms with Crippen LogP contribution in [0.3, 0.4) is 0 Å². The molecule has 1 aliphatic rings. The van der Waals surface area contributed by atoms with E-state index in [1.165, 1.54) is 0 Å². The standard InChI is InChI=1S/C19H24N4O3/c1-13(2)26-19-17(10-14(3)12-21-19)22-18(24)16-11-15(4-5-20-16)23-6-8-25-9-7-23/h4-5,10-13H,6-9H2,1-3H3,(H,22,24). The highest BCUT2D eigenvalue weighted by Gasteiger charge is 2.16. The van der Waals surface area contributed by atoms with Crippen molar-refractivity contribution in [2.24, 2.45) is 0 Å². The van der Waals surface area contributed by atoms with Crippen molar-refractivity contribution in [1.82, 2.24) is 9.97 Å². The number of nitrogens with zero attached hydrogens (tertiary/aromatic N) is 3. The van der Waals surface area contributed by atoms with Crippen molar-refractivity contribution in [3.8, 4) is 5.88 Å². The van der Waals surface area contributed by atoms with Gasteiger partial charge in [0.05, 0.1) is 19.3 Å². The van der Waals surface area contributed by atoms with Gasteiger partial charge in [0, 0.05) is 31.2 Å². The number of nitrogens with one attached hydrogen (secondary N) is 1. The largest absolute Gasteiger partial charge is 0.473 e. The molecule has 0 spiro atoms. The van der Waals surface area contributed by atoms with Crippen LogP contribution >= 0.6 is 0 Å². The van der Waals surface area contributed by atoms with Gasteiger partial charge >= 0.3 is 0 Å². The SMILES string of the molecule is Cc1cnc(OC(C)C)c(NC(=O)c2cc(N3CCOCC3)ccn2)c1. The Morgan fingerprint density at radius 2 is 2.04 bits per heavy atom. The number of morpholine rings is 1. The van der Waals surface area contributed by atoms with E-state index in [-0.39, 0.29) is 12.0 Å². The molecule has 3 heterocycles. The topological polar surface area (TPSA) is 76.6 Å². The summed E-state index contributed by atoms with van der Waals surface area (Å²) >= 11 is 0. The number of amides is 1. The fraction of sp³-hybridized carbons (Fsp3) is 0.421. The molecule has 0 aliphatic carbocycles. The van der Waals surface area contributed by atoms with Gasteiger partial charge in [-0.05, 0) is 44.5 Å². The smallest absolute Gasteiger partial charge is 0.274 e. The highest BCUT2D eigenvalue weighted by molar-refractivity contribution is 6.04. The summed E-state index contributed by atoms with van der Waals surface area (Å²) in [6.07, 6.45) is 3.33. The molecule has 0 unspecified atom stereocenters. The minimum Gasteiger partial charge on any atom is -0.473 e. The molecule has 0 aromatic carbocycles. The molecule has 7 heteroatoms. The van der Waals surface area contributed by atoms with Gasteiger partial charge in [0.2, 0.25) is 5.88 Å². The average molecular weight is 356 g/mol. The molecule has 138 valence electrons. The van der Waals surface area contributed by atoms with Gasteiger partial charge < -0.3 is 19.7 Å². The third-order valence-electron chi connectivity index (χ3n) is 3.94. The predicted molar refractivity (Wildman–Crippen MR) is 100.0 cm³/mol. The molecule has 0 atom stereocenters. The van der Waals surface area contributed by atoms with Crippen LogP contribution in [0.25, 0.3) is 0 Å². The predicted octanol–water partition coefficient (Wildman–Crippen LogP) is 2.66. The van der Waals surface area contributed by atoms with E-state index >= 15 is 0 Å². The maximum Gasteiger partial charge on any atom is 0.274 e. The zero-order chi connectivity index (χ0) is 18.5. The van der Waals surface area contributed by atoms with Crippen molar-refractivity contribution >= 4 is 17.3 Å². The Bertz CT molecular complexity index is 773. The number of aryl methyl sites for hydroxylation is 1. The lowest BCUT2D eigenvalue weighted by atomic mass is 10.2. The molecule has 0 saturated carbocycles. The number of ether oxygens (including phenoxy) is 2. The number of carbonyl (C=O) groups is 1. The Morgan fingerprint density at radius 1 is 1.27 bits per heavy atom. The zero-order valence-corrected chi connectivity index (χ0v) is 15.4. The second-order valence-electron chi connectivity index (χ2n) is 6.48. The number of anilines is 2. The first-order valence-corrected chi connectivity index (χ1v) is 8.76. The number of hydrogen-bond donors (Lipinski definition) is 1. The molecule has 26 heavy (non-hydrogen) atoms. The van der Waals surface area contributed by atoms with Crippen LogP contribution in [-0.4, -0.2) is 48.3 Å². The molecule has 0 bridgehead atoms. The number of pyridine rings is 2. The molecule has 1 amide bonds. The van der Waals surface area contributed by atoms with Crippen molar-refractivity contribution < 1.29 is 14.3 Å². The summed E-state index contributed by atoms with van der Waals surface area (Å²) in [6, 6.07) is 5.55. The van der Waals surface area contributed by atoms with Gasteiger partial charge in [-0.15, -0.1) is 0 Å². The highest BCUT2D eigenvalue weighted by Crippen LogP contribution is 2.24. The Hall–Kier alpha value is -2.67.